The SMILES string of the molecule is CCOC(=O)Oc1ccc(C(C(C)COC(=O)OC)[C@H](N)C(=O)O)cc1OC(=O)OCC. The third-order valence-corrected chi connectivity index (χ3v) is 4.18. The fourth-order valence-corrected chi connectivity index (χ4v) is 2.78. The number of aliphatic carboxylic acids is 1. The predicted molar refractivity (Wildman–Crippen MR) is 108 cm³/mol. The van der Waals surface area contributed by atoms with Gasteiger partial charge < -0.3 is 39.3 Å². The van der Waals surface area contributed by atoms with Gasteiger partial charge in [0.25, 0.3) is 0 Å². The minimum absolute atomic E-state index is 0.0288. The lowest BCUT2D eigenvalue weighted by Gasteiger charge is -2.27. The van der Waals surface area contributed by atoms with Gasteiger partial charge in [0, 0.05) is 5.92 Å². The van der Waals surface area contributed by atoms with Crippen LogP contribution in [0.3, 0.4) is 0 Å². The highest BCUT2D eigenvalue weighted by molar-refractivity contribution is 5.75. The predicted octanol–water partition coefficient (Wildman–Crippen LogP) is 2.67. The van der Waals surface area contributed by atoms with Gasteiger partial charge in [-0.1, -0.05) is 13.0 Å². The molecule has 0 heterocycles. The maximum absolute atomic E-state index is 11.8. The summed E-state index contributed by atoms with van der Waals surface area (Å²) in [6, 6.07) is 2.61. The average Bonchev–Trinajstić information content (AvgIpc) is 2.74. The van der Waals surface area contributed by atoms with E-state index in [0.29, 0.717) is 5.56 Å². The number of carbonyl (C=O) groups is 4. The second-order valence-corrected chi connectivity index (χ2v) is 6.41. The van der Waals surface area contributed by atoms with Crippen molar-refractivity contribution in [2.45, 2.75) is 32.7 Å². The van der Waals surface area contributed by atoms with Gasteiger partial charge in [0.2, 0.25) is 0 Å². The molecule has 32 heavy (non-hydrogen) atoms. The van der Waals surface area contributed by atoms with Crippen molar-refractivity contribution in [2.75, 3.05) is 26.9 Å². The molecular formula is C20H27NO11. The Morgan fingerprint density at radius 1 is 0.938 bits per heavy atom. The quantitative estimate of drug-likeness (QED) is 0.299. The van der Waals surface area contributed by atoms with Gasteiger partial charge in [-0.25, -0.2) is 14.4 Å². The first kappa shape index (κ1) is 26.5. The highest BCUT2D eigenvalue weighted by Gasteiger charge is 2.33. The maximum atomic E-state index is 11.8. The molecule has 0 spiro atoms. The largest absolute Gasteiger partial charge is 0.513 e. The Kier molecular flexibility index (Phi) is 10.8. The van der Waals surface area contributed by atoms with Crippen LogP contribution in [0, 0.1) is 5.92 Å². The Labute approximate surface area is 184 Å². The molecule has 0 saturated carbocycles. The van der Waals surface area contributed by atoms with Crippen LogP contribution in [0.15, 0.2) is 18.2 Å². The van der Waals surface area contributed by atoms with Crippen molar-refractivity contribution in [3.05, 3.63) is 23.8 Å². The molecule has 0 fully saturated rings. The lowest BCUT2D eigenvalue weighted by molar-refractivity contribution is -0.139. The van der Waals surface area contributed by atoms with Crippen LogP contribution in [0.5, 0.6) is 11.5 Å². The Balaban J connectivity index is 3.34. The van der Waals surface area contributed by atoms with E-state index in [9.17, 15) is 24.3 Å². The number of methoxy groups -OCH3 is 1. The lowest BCUT2D eigenvalue weighted by atomic mass is 9.82. The Hall–Kier alpha value is -3.54. The summed E-state index contributed by atoms with van der Waals surface area (Å²) < 4.78 is 28.9. The molecule has 0 aromatic heterocycles. The normalized spacial score (nSPS) is 13.2. The highest BCUT2D eigenvalue weighted by atomic mass is 16.7. The summed E-state index contributed by atoms with van der Waals surface area (Å²) in [6.07, 6.45) is -3.05. The molecule has 178 valence electrons. The first-order valence-corrected chi connectivity index (χ1v) is 9.66. The zero-order chi connectivity index (χ0) is 24.3. The van der Waals surface area contributed by atoms with E-state index in [1.165, 1.54) is 18.2 Å². The van der Waals surface area contributed by atoms with Crippen LogP contribution in [0.4, 0.5) is 14.4 Å². The van der Waals surface area contributed by atoms with Crippen LogP contribution in [0.25, 0.3) is 0 Å². The number of hydrogen-bond donors (Lipinski definition) is 2. The molecule has 0 bridgehead atoms. The molecule has 3 N–H and O–H groups in total. The summed E-state index contributed by atoms with van der Waals surface area (Å²) in [6.45, 7) is 4.65. The van der Waals surface area contributed by atoms with Crippen LogP contribution in [0.1, 0.15) is 32.3 Å². The van der Waals surface area contributed by atoms with Crippen molar-refractivity contribution in [1.29, 1.82) is 0 Å². The number of benzene rings is 1. The minimum Gasteiger partial charge on any atom is -0.480 e. The number of hydrogen-bond acceptors (Lipinski definition) is 11. The molecule has 0 aliphatic carbocycles. The second kappa shape index (κ2) is 13.0. The van der Waals surface area contributed by atoms with E-state index in [1.807, 2.05) is 0 Å². The number of ether oxygens (including phenoxy) is 6. The monoisotopic (exact) mass is 457 g/mol. The number of carbonyl (C=O) groups excluding carboxylic acids is 3. The van der Waals surface area contributed by atoms with Crippen LogP contribution in [-0.4, -0.2) is 62.5 Å². The molecule has 3 atom stereocenters. The van der Waals surface area contributed by atoms with E-state index in [1.54, 1.807) is 20.8 Å². The molecule has 0 aliphatic rings. The topological polar surface area (TPSA) is 170 Å². The van der Waals surface area contributed by atoms with Gasteiger partial charge in [0.05, 0.1) is 26.9 Å². The van der Waals surface area contributed by atoms with Crippen molar-refractivity contribution in [2.24, 2.45) is 11.7 Å². The molecule has 0 radical (unpaired) electrons. The lowest BCUT2D eigenvalue weighted by Crippen LogP contribution is -2.40. The zero-order valence-electron chi connectivity index (χ0n) is 18.2. The van der Waals surface area contributed by atoms with Gasteiger partial charge in [-0.15, -0.1) is 0 Å². The van der Waals surface area contributed by atoms with E-state index < -0.39 is 42.3 Å². The standard InChI is InChI=1S/C20H27NO11/c1-5-28-19(25)31-13-8-7-12(9-14(13)32-20(26)29-6-2)15(16(21)17(22)23)11(3)10-30-18(24)27-4/h7-9,11,15-16H,5-6,10,21H2,1-4H3,(H,22,23)/t11?,15?,16-/m0/s1. The van der Waals surface area contributed by atoms with Crippen molar-refractivity contribution >= 4 is 24.4 Å². The van der Waals surface area contributed by atoms with Crippen LogP contribution in [-0.2, 0) is 23.7 Å². The molecule has 1 rings (SSSR count). The van der Waals surface area contributed by atoms with Gasteiger partial charge in [0.1, 0.15) is 6.04 Å². The summed E-state index contributed by atoms with van der Waals surface area (Å²) in [5.74, 6) is -3.18. The first-order chi connectivity index (χ1) is 15.1. The van der Waals surface area contributed by atoms with Gasteiger partial charge >= 0.3 is 24.4 Å². The second-order valence-electron chi connectivity index (χ2n) is 6.41. The molecule has 0 aliphatic heterocycles. The third kappa shape index (κ3) is 7.95. The van der Waals surface area contributed by atoms with Gasteiger partial charge in [-0.05, 0) is 37.5 Å². The molecule has 0 saturated heterocycles. The summed E-state index contributed by atoms with van der Waals surface area (Å²) in [7, 11) is 1.13. The molecule has 12 heteroatoms. The molecular weight excluding hydrogens is 430 g/mol. The molecule has 2 unspecified atom stereocenters. The number of nitrogens with two attached hydrogens (primary N) is 1. The van der Waals surface area contributed by atoms with Crippen molar-refractivity contribution in [1.82, 2.24) is 0 Å². The van der Waals surface area contributed by atoms with Crippen molar-refractivity contribution in [3.8, 4) is 11.5 Å². The molecule has 1 aromatic rings. The first-order valence-electron chi connectivity index (χ1n) is 9.66. The molecule has 0 amide bonds. The van der Waals surface area contributed by atoms with E-state index in [0.717, 1.165) is 7.11 Å². The zero-order valence-corrected chi connectivity index (χ0v) is 18.2. The average molecular weight is 457 g/mol. The number of carboxylic acids is 1. The number of carboxylic acid groups (broad SMARTS) is 1. The Morgan fingerprint density at radius 2 is 1.50 bits per heavy atom. The van der Waals surface area contributed by atoms with E-state index in [-0.39, 0.29) is 31.3 Å². The van der Waals surface area contributed by atoms with Crippen LogP contribution in [0.2, 0.25) is 0 Å². The van der Waals surface area contributed by atoms with Gasteiger partial charge in [-0.3, -0.25) is 4.79 Å². The highest BCUT2D eigenvalue weighted by Crippen LogP contribution is 2.36. The summed E-state index contributed by atoms with van der Waals surface area (Å²) >= 11 is 0. The van der Waals surface area contributed by atoms with E-state index in [2.05, 4.69) is 4.74 Å². The van der Waals surface area contributed by atoms with Crippen LogP contribution >= 0.6 is 0 Å². The Bertz CT molecular complexity index is 811. The summed E-state index contributed by atoms with van der Waals surface area (Å²) in [5.41, 5.74) is 6.20. The summed E-state index contributed by atoms with van der Waals surface area (Å²) in [4.78, 5) is 46.4. The van der Waals surface area contributed by atoms with Gasteiger partial charge in [-0.2, -0.15) is 0 Å². The molecule has 1 aromatic carbocycles. The molecule has 12 nitrogen and oxygen atoms in total. The van der Waals surface area contributed by atoms with Gasteiger partial charge in [0.15, 0.2) is 11.5 Å². The maximum Gasteiger partial charge on any atom is 0.513 e. The van der Waals surface area contributed by atoms with Crippen molar-refractivity contribution < 1.29 is 52.7 Å². The minimum atomic E-state index is -1.40. The Morgan fingerprint density at radius 3 is 2.00 bits per heavy atom. The smallest absolute Gasteiger partial charge is 0.480 e. The fraction of sp³-hybridized carbons (Fsp3) is 0.500. The van der Waals surface area contributed by atoms with Crippen molar-refractivity contribution in [3.63, 3.8) is 0 Å². The van der Waals surface area contributed by atoms with E-state index >= 15 is 0 Å². The third-order valence-electron chi connectivity index (χ3n) is 4.18. The van der Waals surface area contributed by atoms with E-state index in [4.69, 9.17) is 29.4 Å². The number of rotatable bonds is 10. The van der Waals surface area contributed by atoms with Crippen LogP contribution < -0.4 is 15.2 Å². The fourth-order valence-electron chi connectivity index (χ4n) is 2.78. The summed E-state index contributed by atoms with van der Waals surface area (Å²) in [5, 5.41) is 9.45.